The monoisotopic (exact) mass is 262 g/mol. The summed E-state index contributed by atoms with van der Waals surface area (Å²) in [5, 5.41) is 0. The van der Waals surface area contributed by atoms with E-state index < -0.39 is 12.3 Å². The summed E-state index contributed by atoms with van der Waals surface area (Å²) in [6, 6.07) is 0. The summed E-state index contributed by atoms with van der Waals surface area (Å²) >= 11 is 0. The molecule has 0 heterocycles. The van der Waals surface area contributed by atoms with Crippen LogP contribution in [0.5, 0.6) is 0 Å². The lowest BCUT2D eigenvalue weighted by Crippen LogP contribution is -2.32. The van der Waals surface area contributed by atoms with Crippen LogP contribution in [0.3, 0.4) is 0 Å². The number of alkyl halides is 2. The van der Waals surface area contributed by atoms with Gasteiger partial charge in [0.15, 0.2) is 0 Å². The van der Waals surface area contributed by atoms with Crippen molar-refractivity contribution < 1.29 is 8.78 Å². The van der Waals surface area contributed by atoms with E-state index in [1.165, 1.54) is 12.8 Å². The molecule has 18 heavy (non-hydrogen) atoms. The predicted molar refractivity (Wildman–Crippen MR) is 76.3 cm³/mol. The van der Waals surface area contributed by atoms with E-state index >= 15 is 0 Å². The zero-order valence-electron chi connectivity index (χ0n) is 12.9. The Hall–Kier alpha value is -0.140. The molecule has 0 nitrogen and oxygen atoms in total. The molecule has 0 aliphatic heterocycles. The summed E-state index contributed by atoms with van der Waals surface area (Å²) in [4.78, 5) is 0. The molecule has 1 aliphatic carbocycles. The Bertz CT molecular complexity index is 184. The van der Waals surface area contributed by atoms with Gasteiger partial charge < -0.3 is 0 Å². The number of hydrogen-bond donors (Lipinski definition) is 0. The second-order valence-corrected chi connectivity index (χ2v) is 5.63. The van der Waals surface area contributed by atoms with Gasteiger partial charge in [0.1, 0.15) is 12.3 Å². The number of halogens is 2. The van der Waals surface area contributed by atoms with Crippen LogP contribution < -0.4 is 0 Å². The lowest BCUT2D eigenvalue weighted by atomic mass is 9.74. The van der Waals surface area contributed by atoms with E-state index in [1.807, 2.05) is 27.7 Å². The van der Waals surface area contributed by atoms with Gasteiger partial charge in [-0.2, -0.15) is 0 Å². The van der Waals surface area contributed by atoms with Crippen molar-refractivity contribution in [3.05, 3.63) is 0 Å². The van der Waals surface area contributed by atoms with Gasteiger partial charge >= 0.3 is 0 Å². The maximum absolute atomic E-state index is 13.9. The van der Waals surface area contributed by atoms with E-state index in [2.05, 4.69) is 6.92 Å². The maximum Gasteiger partial charge on any atom is 0.134 e. The summed E-state index contributed by atoms with van der Waals surface area (Å²) < 4.78 is 27.4. The second kappa shape index (κ2) is 9.75. The molecule has 0 saturated heterocycles. The molecule has 2 heteroatoms. The van der Waals surface area contributed by atoms with Crippen molar-refractivity contribution in [2.45, 2.75) is 85.5 Å². The minimum Gasteiger partial charge on any atom is -0.244 e. The molecule has 0 aromatic heterocycles. The Balaban J connectivity index is 0.00000137. The molecule has 0 spiro atoms. The van der Waals surface area contributed by atoms with Gasteiger partial charge in [-0.05, 0) is 37.0 Å². The third kappa shape index (κ3) is 5.67. The molecule has 1 aliphatic rings. The van der Waals surface area contributed by atoms with Crippen molar-refractivity contribution in [3.8, 4) is 0 Å². The SMILES string of the molecule is CC.CCCC(F)C(F)C(C)C1CCC(C)CC1. The first-order chi connectivity index (χ1) is 8.56. The molecular weight excluding hydrogens is 230 g/mol. The third-order valence-corrected chi connectivity index (χ3v) is 4.22. The van der Waals surface area contributed by atoms with Gasteiger partial charge in [-0.3, -0.25) is 0 Å². The minimum atomic E-state index is -1.25. The van der Waals surface area contributed by atoms with Crippen molar-refractivity contribution in [2.24, 2.45) is 17.8 Å². The minimum absolute atomic E-state index is 0.103. The summed E-state index contributed by atoms with van der Waals surface area (Å²) in [5.74, 6) is 1.08. The zero-order chi connectivity index (χ0) is 14.1. The number of hydrogen-bond acceptors (Lipinski definition) is 0. The van der Waals surface area contributed by atoms with E-state index in [0.29, 0.717) is 12.3 Å². The Morgan fingerprint density at radius 2 is 1.56 bits per heavy atom. The van der Waals surface area contributed by atoms with Crippen molar-refractivity contribution >= 4 is 0 Å². The first-order valence-electron chi connectivity index (χ1n) is 7.84. The standard InChI is InChI=1S/C14H26F2.C2H6/c1-4-5-13(15)14(16)11(3)12-8-6-10(2)7-9-12;1-2/h10-14H,4-9H2,1-3H3;1-2H3. The first-order valence-corrected chi connectivity index (χ1v) is 7.84. The Morgan fingerprint density at radius 3 is 2.00 bits per heavy atom. The molecule has 0 aromatic rings. The van der Waals surface area contributed by atoms with Gasteiger partial charge in [0.05, 0.1) is 0 Å². The van der Waals surface area contributed by atoms with Crippen LogP contribution in [-0.4, -0.2) is 12.3 Å². The largest absolute Gasteiger partial charge is 0.244 e. The fourth-order valence-electron chi connectivity index (χ4n) is 2.84. The molecule has 0 bridgehead atoms. The molecule has 1 rings (SSSR count). The van der Waals surface area contributed by atoms with E-state index in [-0.39, 0.29) is 5.92 Å². The van der Waals surface area contributed by atoms with Crippen LogP contribution in [0.25, 0.3) is 0 Å². The van der Waals surface area contributed by atoms with Crippen LogP contribution in [-0.2, 0) is 0 Å². The van der Waals surface area contributed by atoms with Crippen LogP contribution in [0.2, 0.25) is 0 Å². The van der Waals surface area contributed by atoms with Crippen LogP contribution in [0.4, 0.5) is 8.78 Å². The fraction of sp³-hybridized carbons (Fsp3) is 1.00. The van der Waals surface area contributed by atoms with Crippen LogP contribution in [0, 0.1) is 17.8 Å². The van der Waals surface area contributed by atoms with E-state index in [9.17, 15) is 8.78 Å². The van der Waals surface area contributed by atoms with E-state index in [1.54, 1.807) is 0 Å². The molecule has 3 unspecified atom stereocenters. The average molecular weight is 262 g/mol. The summed E-state index contributed by atoms with van der Waals surface area (Å²) in [6.07, 6.45) is 3.14. The highest BCUT2D eigenvalue weighted by molar-refractivity contribution is 4.82. The van der Waals surface area contributed by atoms with Gasteiger partial charge in [0.2, 0.25) is 0 Å². The summed E-state index contributed by atoms with van der Waals surface area (Å²) in [7, 11) is 0. The summed E-state index contributed by atoms with van der Waals surface area (Å²) in [6.45, 7) is 10.1. The normalized spacial score (nSPS) is 28.8. The Kier molecular flexibility index (Phi) is 9.67. The summed E-state index contributed by atoms with van der Waals surface area (Å²) in [5.41, 5.74) is 0. The van der Waals surface area contributed by atoms with Gasteiger partial charge in [0, 0.05) is 0 Å². The van der Waals surface area contributed by atoms with Crippen molar-refractivity contribution in [2.75, 3.05) is 0 Å². The molecule has 0 radical (unpaired) electrons. The Labute approximate surface area is 113 Å². The van der Waals surface area contributed by atoms with Crippen LogP contribution in [0.15, 0.2) is 0 Å². The topological polar surface area (TPSA) is 0 Å². The highest BCUT2D eigenvalue weighted by atomic mass is 19.2. The molecular formula is C16H32F2. The predicted octanol–water partition coefficient (Wildman–Crippen LogP) is 5.95. The molecule has 0 amide bonds. The molecule has 1 fully saturated rings. The van der Waals surface area contributed by atoms with Gasteiger partial charge in [-0.15, -0.1) is 0 Å². The zero-order valence-corrected chi connectivity index (χ0v) is 12.9. The number of rotatable bonds is 5. The molecule has 110 valence electrons. The smallest absolute Gasteiger partial charge is 0.134 e. The van der Waals surface area contributed by atoms with Crippen LogP contribution >= 0.6 is 0 Å². The molecule has 3 atom stereocenters. The van der Waals surface area contributed by atoms with Gasteiger partial charge in [-0.25, -0.2) is 8.78 Å². The average Bonchev–Trinajstić information content (AvgIpc) is 2.40. The lowest BCUT2D eigenvalue weighted by molar-refractivity contribution is 0.0637. The molecule has 1 saturated carbocycles. The van der Waals surface area contributed by atoms with Crippen molar-refractivity contribution in [3.63, 3.8) is 0 Å². The maximum atomic E-state index is 13.9. The quantitative estimate of drug-likeness (QED) is 0.574. The van der Waals surface area contributed by atoms with E-state index in [4.69, 9.17) is 0 Å². The highest BCUT2D eigenvalue weighted by Gasteiger charge is 2.33. The van der Waals surface area contributed by atoms with Crippen molar-refractivity contribution in [1.82, 2.24) is 0 Å². The van der Waals surface area contributed by atoms with Crippen LogP contribution in [0.1, 0.15) is 73.1 Å². The van der Waals surface area contributed by atoms with Crippen molar-refractivity contribution in [1.29, 1.82) is 0 Å². The highest BCUT2D eigenvalue weighted by Crippen LogP contribution is 2.36. The van der Waals surface area contributed by atoms with Gasteiger partial charge in [-0.1, -0.05) is 53.9 Å². The van der Waals surface area contributed by atoms with E-state index in [0.717, 1.165) is 25.2 Å². The molecule has 0 aromatic carbocycles. The Morgan fingerprint density at radius 1 is 1.06 bits per heavy atom. The second-order valence-electron chi connectivity index (χ2n) is 5.63. The third-order valence-electron chi connectivity index (χ3n) is 4.22. The van der Waals surface area contributed by atoms with Gasteiger partial charge in [0.25, 0.3) is 0 Å². The molecule has 0 N–H and O–H groups in total. The lowest BCUT2D eigenvalue weighted by Gasteiger charge is -2.33. The fourth-order valence-corrected chi connectivity index (χ4v) is 2.84. The first kappa shape index (κ1) is 17.9.